The summed E-state index contributed by atoms with van der Waals surface area (Å²) in [6, 6.07) is 4.45. The highest BCUT2D eigenvalue weighted by Crippen LogP contribution is 2.36. The third-order valence-corrected chi connectivity index (χ3v) is 4.85. The summed E-state index contributed by atoms with van der Waals surface area (Å²) in [5.41, 5.74) is 6.61. The molecule has 3 rings (SSSR count). The van der Waals surface area contributed by atoms with Crippen LogP contribution in [0.1, 0.15) is 12.8 Å². The second kappa shape index (κ2) is 5.91. The van der Waals surface area contributed by atoms with E-state index in [0.717, 1.165) is 25.9 Å². The Bertz CT molecular complexity index is 554. The molecule has 1 heterocycles. The molecule has 0 bridgehead atoms. The number of hydrogen-bond donors (Lipinski definition) is 2. The number of nitrogens with two attached hydrogens (primary N) is 1. The first-order valence-corrected chi connectivity index (χ1v) is 7.63. The van der Waals surface area contributed by atoms with E-state index in [2.05, 4.69) is 10.2 Å². The van der Waals surface area contributed by atoms with Gasteiger partial charge >= 0.3 is 0 Å². The van der Waals surface area contributed by atoms with Crippen molar-refractivity contribution in [2.45, 2.75) is 18.9 Å². The molecule has 1 aromatic rings. The SMILES string of the molecule is NC1CCC2CN(CC(=O)Nc3ccc(F)c(Cl)c3)CC12. The number of likely N-dealkylation sites (tertiary alicyclic amines) is 1. The van der Waals surface area contributed by atoms with Gasteiger partial charge in [-0.15, -0.1) is 0 Å². The smallest absolute Gasteiger partial charge is 0.238 e. The number of amides is 1. The van der Waals surface area contributed by atoms with Gasteiger partial charge in [0.25, 0.3) is 0 Å². The van der Waals surface area contributed by atoms with Gasteiger partial charge in [-0.1, -0.05) is 11.6 Å². The van der Waals surface area contributed by atoms with Crippen LogP contribution in [-0.4, -0.2) is 36.5 Å². The summed E-state index contributed by atoms with van der Waals surface area (Å²) in [7, 11) is 0. The quantitative estimate of drug-likeness (QED) is 0.898. The Hall–Kier alpha value is -1.17. The van der Waals surface area contributed by atoms with Gasteiger partial charge in [-0.3, -0.25) is 9.69 Å². The maximum Gasteiger partial charge on any atom is 0.238 e. The van der Waals surface area contributed by atoms with Gasteiger partial charge in [-0.25, -0.2) is 4.39 Å². The topological polar surface area (TPSA) is 58.4 Å². The molecule has 1 saturated heterocycles. The number of nitrogens with zero attached hydrogens (tertiary/aromatic N) is 1. The number of halogens is 2. The molecule has 0 aromatic heterocycles. The fourth-order valence-electron chi connectivity index (χ4n) is 3.51. The molecule has 0 radical (unpaired) electrons. The zero-order valence-electron chi connectivity index (χ0n) is 11.7. The number of anilines is 1. The van der Waals surface area contributed by atoms with Crippen molar-refractivity contribution in [3.63, 3.8) is 0 Å². The molecule has 1 aliphatic carbocycles. The predicted octanol–water partition coefficient (Wildman–Crippen LogP) is 2.09. The van der Waals surface area contributed by atoms with Gasteiger partial charge in [0, 0.05) is 24.8 Å². The average Bonchev–Trinajstić information content (AvgIpc) is 2.96. The van der Waals surface area contributed by atoms with E-state index in [4.69, 9.17) is 17.3 Å². The normalized spacial score (nSPS) is 28.6. The summed E-state index contributed by atoms with van der Waals surface area (Å²) in [4.78, 5) is 14.2. The second-order valence-electron chi connectivity index (χ2n) is 6.04. The van der Waals surface area contributed by atoms with Crippen molar-refractivity contribution < 1.29 is 9.18 Å². The van der Waals surface area contributed by atoms with E-state index in [-0.39, 0.29) is 17.0 Å². The van der Waals surface area contributed by atoms with Crippen molar-refractivity contribution in [2.75, 3.05) is 25.0 Å². The molecular formula is C15H19ClFN3O. The molecule has 4 nitrogen and oxygen atoms in total. The molecule has 114 valence electrons. The van der Waals surface area contributed by atoms with Crippen LogP contribution in [0.3, 0.4) is 0 Å². The number of fused-ring (bicyclic) bond motifs is 1. The number of benzene rings is 1. The van der Waals surface area contributed by atoms with Crippen LogP contribution in [0.25, 0.3) is 0 Å². The van der Waals surface area contributed by atoms with E-state index in [1.54, 1.807) is 0 Å². The lowest BCUT2D eigenvalue weighted by molar-refractivity contribution is -0.117. The summed E-state index contributed by atoms with van der Waals surface area (Å²) in [6.07, 6.45) is 2.26. The fourth-order valence-corrected chi connectivity index (χ4v) is 3.69. The first-order chi connectivity index (χ1) is 10.0. The zero-order valence-corrected chi connectivity index (χ0v) is 12.4. The van der Waals surface area contributed by atoms with Gasteiger partial charge in [-0.2, -0.15) is 0 Å². The minimum Gasteiger partial charge on any atom is -0.327 e. The monoisotopic (exact) mass is 311 g/mol. The lowest BCUT2D eigenvalue weighted by Crippen LogP contribution is -2.34. The van der Waals surface area contributed by atoms with Gasteiger partial charge in [0.2, 0.25) is 5.91 Å². The Kier molecular flexibility index (Phi) is 4.15. The van der Waals surface area contributed by atoms with Gasteiger partial charge in [0.1, 0.15) is 5.82 Å². The molecule has 2 aliphatic rings. The molecule has 3 atom stereocenters. The van der Waals surface area contributed by atoms with E-state index in [1.165, 1.54) is 18.2 Å². The molecule has 0 spiro atoms. The standard InChI is InChI=1S/C15H19ClFN3O/c16-12-5-10(2-3-13(12)17)19-15(21)8-20-6-9-1-4-14(18)11(9)7-20/h2-3,5,9,11,14H,1,4,6-8,18H2,(H,19,21). The minimum absolute atomic E-state index is 0.00878. The largest absolute Gasteiger partial charge is 0.327 e. The average molecular weight is 312 g/mol. The first kappa shape index (κ1) is 14.8. The third-order valence-electron chi connectivity index (χ3n) is 4.56. The number of hydrogen-bond acceptors (Lipinski definition) is 3. The summed E-state index contributed by atoms with van der Waals surface area (Å²) in [6.45, 7) is 2.17. The maximum absolute atomic E-state index is 13.1. The van der Waals surface area contributed by atoms with Gasteiger partial charge in [0.05, 0.1) is 11.6 Å². The molecule has 3 unspecified atom stereocenters. The molecular weight excluding hydrogens is 293 g/mol. The van der Waals surface area contributed by atoms with E-state index in [0.29, 0.717) is 24.1 Å². The molecule has 1 saturated carbocycles. The van der Waals surface area contributed by atoms with Gasteiger partial charge in [-0.05, 0) is 42.9 Å². The van der Waals surface area contributed by atoms with E-state index in [1.807, 2.05) is 0 Å². The van der Waals surface area contributed by atoms with Crippen LogP contribution in [0.15, 0.2) is 18.2 Å². The van der Waals surface area contributed by atoms with E-state index in [9.17, 15) is 9.18 Å². The molecule has 1 aromatic carbocycles. The highest BCUT2D eigenvalue weighted by molar-refractivity contribution is 6.31. The van der Waals surface area contributed by atoms with Crippen molar-refractivity contribution in [3.05, 3.63) is 29.0 Å². The Morgan fingerprint density at radius 1 is 1.43 bits per heavy atom. The molecule has 6 heteroatoms. The van der Waals surface area contributed by atoms with Crippen molar-refractivity contribution in [1.82, 2.24) is 4.90 Å². The number of carbonyl (C=O) groups excluding carboxylic acids is 1. The molecule has 1 amide bonds. The summed E-state index contributed by atoms with van der Waals surface area (Å²) >= 11 is 5.70. The summed E-state index contributed by atoms with van der Waals surface area (Å²) in [5, 5.41) is 2.76. The summed E-state index contributed by atoms with van der Waals surface area (Å²) < 4.78 is 13.1. The Morgan fingerprint density at radius 2 is 2.24 bits per heavy atom. The zero-order chi connectivity index (χ0) is 15.0. The number of carbonyl (C=O) groups is 1. The lowest BCUT2D eigenvalue weighted by Gasteiger charge is -2.17. The molecule has 3 N–H and O–H groups in total. The molecule has 2 fully saturated rings. The highest BCUT2D eigenvalue weighted by Gasteiger charge is 2.41. The highest BCUT2D eigenvalue weighted by atomic mass is 35.5. The Balaban J connectivity index is 1.54. The Morgan fingerprint density at radius 3 is 2.95 bits per heavy atom. The lowest BCUT2D eigenvalue weighted by atomic mass is 9.98. The second-order valence-corrected chi connectivity index (χ2v) is 6.44. The Labute approximate surface area is 128 Å². The maximum atomic E-state index is 13.1. The summed E-state index contributed by atoms with van der Waals surface area (Å²) in [5.74, 6) is 0.563. The van der Waals surface area contributed by atoms with Gasteiger partial charge in [0.15, 0.2) is 0 Å². The van der Waals surface area contributed by atoms with Crippen LogP contribution in [0.5, 0.6) is 0 Å². The van der Waals surface area contributed by atoms with Crippen LogP contribution in [0, 0.1) is 17.7 Å². The predicted molar refractivity (Wildman–Crippen MR) is 80.7 cm³/mol. The van der Waals surface area contributed by atoms with Crippen LogP contribution < -0.4 is 11.1 Å². The van der Waals surface area contributed by atoms with Crippen molar-refractivity contribution in [1.29, 1.82) is 0 Å². The van der Waals surface area contributed by atoms with Crippen LogP contribution in [0.4, 0.5) is 10.1 Å². The van der Waals surface area contributed by atoms with E-state index < -0.39 is 5.82 Å². The number of nitrogens with one attached hydrogen (secondary N) is 1. The minimum atomic E-state index is -0.490. The first-order valence-electron chi connectivity index (χ1n) is 7.26. The van der Waals surface area contributed by atoms with Crippen molar-refractivity contribution >= 4 is 23.2 Å². The van der Waals surface area contributed by atoms with Crippen LogP contribution in [-0.2, 0) is 4.79 Å². The third kappa shape index (κ3) is 3.20. The van der Waals surface area contributed by atoms with Crippen LogP contribution in [0.2, 0.25) is 5.02 Å². The van der Waals surface area contributed by atoms with E-state index >= 15 is 0 Å². The number of rotatable bonds is 3. The molecule has 1 aliphatic heterocycles. The van der Waals surface area contributed by atoms with Crippen LogP contribution >= 0.6 is 11.6 Å². The van der Waals surface area contributed by atoms with Crippen molar-refractivity contribution in [2.24, 2.45) is 17.6 Å². The van der Waals surface area contributed by atoms with Crippen molar-refractivity contribution in [3.8, 4) is 0 Å². The molecule has 21 heavy (non-hydrogen) atoms. The fraction of sp³-hybridized carbons (Fsp3) is 0.533. The van der Waals surface area contributed by atoms with Gasteiger partial charge < -0.3 is 11.1 Å².